The van der Waals surface area contributed by atoms with E-state index >= 15 is 0 Å². The van der Waals surface area contributed by atoms with Gasteiger partial charge in [0.05, 0.1) is 4.67 Å². The molecule has 1 heterocycles. The maximum absolute atomic E-state index is 4.85. The van der Waals surface area contributed by atoms with Crippen molar-refractivity contribution in [3.8, 4) is 0 Å². The Morgan fingerprint density at radius 2 is 2.20 bits per heavy atom. The summed E-state index contributed by atoms with van der Waals surface area (Å²) in [6.45, 7) is 1.43. The molecule has 1 atom stereocenters. The van der Waals surface area contributed by atoms with E-state index in [4.69, 9.17) is 11.8 Å². The molecule has 0 bridgehead atoms. The summed E-state index contributed by atoms with van der Waals surface area (Å²) in [6, 6.07) is 0. The van der Waals surface area contributed by atoms with E-state index in [9.17, 15) is 0 Å². The molecule has 28 valence electrons. The topological polar surface area (TPSA) is 0 Å². The van der Waals surface area contributed by atoms with Gasteiger partial charge in [0.15, 0.2) is 0 Å². The third-order valence-electron chi connectivity index (χ3n) is 0.200. The van der Waals surface area contributed by atoms with Crippen molar-refractivity contribution in [2.24, 2.45) is 0 Å². The van der Waals surface area contributed by atoms with Crippen LogP contribution in [0.2, 0.25) is 0 Å². The minimum absolute atomic E-state index is 0.0134. The number of hydrogen-bond acceptors (Lipinski definition) is 2. The Labute approximate surface area is 44.3 Å². The first-order chi connectivity index (χ1) is 2.39. The van der Waals surface area contributed by atoms with Crippen LogP contribution in [0.5, 0.6) is 0 Å². The fourth-order valence-corrected chi connectivity index (χ4v) is 9.31. The molecule has 0 fully saturated rings. The van der Waals surface area contributed by atoms with Crippen LogP contribution >= 0.6 is 22.2 Å². The van der Waals surface area contributed by atoms with Crippen molar-refractivity contribution >= 4 is 44.2 Å². The predicted octanol–water partition coefficient (Wildman–Crippen LogP) is 2.37. The minimum Gasteiger partial charge on any atom is -0.0685 e. The Bertz CT molecular complexity index is 133. The largest absolute Gasteiger partial charge is 0.0732 e. The molecule has 0 spiro atoms. The van der Waals surface area contributed by atoms with Crippen LogP contribution in [-0.4, -0.2) is 0 Å². The van der Waals surface area contributed by atoms with Crippen molar-refractivity contribution in [2.75, 3.05) is 0 Å². The smallest absolute Gasteiger partial charge is 0.0685 e. The van der Waals surface area contributed by atoms with Gasteiger partial charge in [-0.3, -0.25) is 0 Å². The van der Waals surface area contributed by atoms with E-state index in [1.54, 1.807) is 0 Å². The van der Waals surface area contributed by atoms with Gasteiger partial charge in [-0.15, -0.1) is 0 Å². The highest BCUT2D eigenvalue weighted by atomic mass is 33.4. The first-order valence-corrected chi connectivity index (χ1v) is 8.22. The molecule has 5 heavy (non-hydrogen) atoms. The zero-order valence-corrected chi connectivity index (χ0v) is 6.36. The van der Waals surface area contributed by atoms with E-state index in [1.165, 1.54) is 6.56 Å². The molecule has 0 N–H and O–H groups in total. The molecule has 0 aromatic heterocycles. The average molecular weight is 158 g/mol. The zero-order chi connectivity index (χ0) is 3.70. The maximum atomic E-state index is 4.85. The molecular formula is P2S3. The quantitative estimate of drug-likeness (QED) is 0.496. The molecule has 0 saturated heterocycles. The monoisotopic (exact) mass is 158 g/mol. The molecule has 1 aliphatic rings. The third-order valence-corrected chi connectivity index (χ3v) is 16.2. The second kappa shape index (κ2) is 1.90. The molecule has 0 saturated carbocycles. The summed E-state index contributed by atoms with van der Waals surface area (Å²) in [5.74, 6) is 0. The summed E-state index contributed by atoms with van der Waals surface area (Å²) in [5, 5.41) is 0. The van der Waals surface area contributed by atoms with Gasteiger partial charge in [0, 0.05) is 6.56 Å². The molecule has 1 unspecified atom stereocenters. The molecule has 0 nitrogen and oxygen atoms in total. The van der Waals surface area contributed by atoms with Crippen LogP contribution < -0.4 is 0 Å². The van der Waals surface area contributed by atoms with Crippen LogP contribution in [0.25, 0.3) is 0 Å². The van der Waals surface area contributed by atoms with E-state index < -0.39 is 0 Å². The molecule has 1 rings (SSSR count). The maximum Gasteiger partial charge on any atom is 0.0732 e. The van der Waals surface area contributed by atoms with Gasteiger partial charge in [0.25, 0.3) is 0 Å². The van der Waals surface area contributed by atoms with Crippen LogP contribution in [0.4, 0.5) is 0 Å². The fourth-order valence-electron chi connectivity index (χ4n) is 0.0605. The lowest BCUT2D eigenvalue weighted by molar-refractivity contribution is 5.38. The Balaban J connectivity index is 3.32. The van der Waals surface area contributed by atoms with E-state index in [1.807, 2.05) is 21.1 Å². The van der Waals surface area contributed by atoms with Crippen LogP contribution in [0.1, 0.15) is 0 Å². The van der Waals surface area contributed by atoms with Gasteiger partial charge in [0.1, 0.15) is 0 Å². The third kappa shape index (κ3) is 1.13. The lowest BCUT2D eigenvalue weighted by Crippen LogP contribution is -1.23. The van der Waals surface area contributed by atoms with Gasteiger partial charge in [0.2, 0.25) is 0 Å². The van der Waals surface area contributed by atoms with Crippen LogP contribution in [-0.2, 0) is 21.9 Å². The molecule has 0 aliphatic carbocycles. The highest BCUT2D eigenvalue weighted by Gasteiger charge is 1.83. The van der Waals surface area contributed by atoms with Crippen LogP contribution in [0.15, 0.2) is 0 Å². The Kier molecular flexibility index (Phi) is 1.73. The Morgan fingerprint density at radius 3 is 2.20 bits per heavy atom. The predicted molar refractivity (Wildman–Crippen MR) is 36.2 cm³/mol. The van der Waals surface area contributed by atoms with Crippen molar-refractivity contribution in [3.63, 3.8) is 0 Å². The fraction of sp³-hybridized carbons (Fsp3) is 0. The SMILES string of the molecule is S=P1=S=PS1. The van der Waals surface area contributed by atoms with E-state index in [-0.39, 0.29) is 4.67 Å². The first-order valence-electron chi connectivity index (χ1n) is 0.913. The van der Waals surface area contributed by atoms with E-state index in [0.717, 1.165) is 0 Å². The van der Waals surface area contributed by atoms with Crippen LogP contribution in [0.3, 0.4) is 0 Å². The second-order valence-electron chi connectivity index (χ2n) is 0.461. The van der Waals surface area contributed by atoms with E-state index in [0.29, 0.717) is 0 Å². The lowest BCUT2D eigenvalue weighted by Gasteiger charge is -1.79. The second-order valence-corrected chi connectivity index (χ2v) is 12.5. The minimum atomic E-state index is -0.0134. The summed E-state index contributed by atoms with van der Waals surface area (Å²) < 4.78 is -0.0134. The van der Waals surface area contributed by atoms with Crippen molar-refractivity contribution in [1.29, 1.82) is 0 Å². The van der Waals surface area contributed by atoms with Gasteiger partial charge >= 0.3 is 0 Å². The summed E-state index contributed by atoms with van der Waals surface area (Å²) in [7, 11) is 1.87. The number of rotatable bonds is 0. The normalized spacial score (nSPS) is 29.2. The van der Waals surface area contributed by atoms with Crippen molar-refractivity contribution in [2.45, 2.75) is 0 Å². The zero-order valence-electron chi connectivity index (χ0n) is 2.12. The summed E-state index contributed by atoms with van der Waals surface area (Å²) in [5.41, 5.74) is 0. The van der Waals surface area contributed by atoms with E-state index in [2.05, 4.69) is 0 Å². The molecule has 0 aromatic carbocycles. The molecule has 0 aromatic rings. The van der Waals surface area contributed by atoms with Gasteiger partial charge in [-0.25, -0.2) is 0 Å². The van der Waals surface area contributed by atoms with Crippen LogP contribution in [0, 0.1) is 0 Å². The summed E-state index contributed by atoms with van der Waals surface area (Å²) in [4.78, 5) is 0. The highest BCUT2D eigenvalue weighted by molar-refractivity contribution is 9.05. The Morgan fingerprint density at radius 1 is 1.80 bits per heavy atom. The lowest BCUT2D eigenvalue weighted by atomic mass is 29.6. The molecular weight excluding hydrogens is 158 g/mol. The molecule has 1 aliphatic heterocycles. The number of hydrogen-bond donors (Lipinski definition) is 0. The van der Waals surface area contributed by atoms with Gasteiger partial charge in [-0.2, -0.15) is 0 Å². The molecule has 0 radical (unpaired) electrons. The summed E-state index contributed by atoms with van der Waals surface area (Å²) in [6.07, 6.45) is 0. The van der Waals surface area contributed by atoms with Gasteiger partial charge in [-0.05, 0) is 22.8 Å². The van der Waals surface area contributed by atoms with Gasteiger partial charge in [-0.1, -0.05) is 10.1 Å². The average Bonchev–Trinajstić information content (AvgIpc) is 1.30. The summed E-state index contributed by atoms with van der Waals surface area (Å²) >= 11 is 6.73. The first kappa shape index (κ1) is 4.55. The standard InChI is InChI=1S/P2S3/c3-2-4-1-5-2. The van der Waals surface area contributed by atoms with Crippen molar-refractivity contribution < 1.29 is 0 Å². The molecule has 0 amide bonds. The van der Waals surface area contributed by atoms with Gasteiger partial charge < -0.3 is 0 Å². The van der Waals surface area contributed by atoms with Crippen molar-refractivity contribution in [1.82, 2.24) is 0 Å². The van der Waals surface area contributed by atoms with Crippen molar-refractivity contribution in [3.05, 3.63) is 0 Å². The molecule has 5 heteroatoms. The highest BCUT2D eigenvalue weighted by Crippen LogP contribution is 2.47. The Hall–Kier alpha value is 1.39.